The molecular formula is C10H10O4. The van der Waals surface area contributed by atoms with Crippen molar-refractivity contribution in [3.63, 3.8) is 0 Å². The van der Waals surface area contributed by atoms with Crippen LogP contribution in [0.4, 0.5) is 0 Å². The van der Waals surface area contributed by atoms with Crippen LogP contribution in [0.2, 0.25) is 0 Å². The summed E-state index contributed by atoms with van der Waals surface area (Å²) in [4.78, 5) is 33.4. The Balaban J connectivity index is 1.97. The predicted octanol–water partition coefficient (Wildman–Crippen LogP) is 0.157. The average molecular weight is 194 g/mol. The lowest BCUT2D eigenvalue weighted by atomic mass is 9.76. The minimum Gasteiger partial charge on any atom is -0.393 e. The molecule has 1 heterocycles. The Bertz CT molecular complexity index is 335. The summed E-state index contributed by atoms with van der Waals surface area (Å²) < 4.78 is 4.61. The van der Waals surface area contributed by atoms with Gasteiger partial charge in [-0.3, -0.25) is 9.59 Å². The van der Waals surface area contributed by atoms with E-state index in [9.17, 15) is 14.4 Å². The van der Waals surface area contributed by atoms with E-state index in [-0.39, 0.29) is 35.6 Å². The van der Waals surface area contributed by atoms with Crippen molar-refractivity contribution in [2.75, 3.05) is 0 Å². The number of cyclic esters (lactones) is 2. The fourth-order valence-electron chi connectivity index (χ4n) is 3.46. The van der Waals surface area contributed by atoms with E-state index in [4.69, 9.17) is 0 Å². The summed E-state index contributed by atoms with van der Waals surface area (Å²) >= 11 is 0. The second-order valence-corrected chi connectivity index (χ2v) is 4.49. The molecule has 3 aliphatic rings. The summed E-state index contributed by atoms with van der Waals surface area (Å²) in [6.07, 6.45) is 2.54. The lowest BCUT2D eigenvalue weighted by Crippen LogP contribution is -2.30. The standard InChI is InChI=1S/C10H10O4/c11-3-5-1-4-2-6(5)8-7(4)9(12)14-10(8)13/h3-8H,1-2H2/t4-,5+,6-,7-,8+/m1/s1. The third-order valence-electron chi connectivity index (χ3n) is 3.98. The molecule has 2 aliphatic carbocycles. The molecule has 3 rings (SSSR count). The third kappa shape index (κ3) is 0.768. The fraction of sp³-hybridized carbons (Fsp3) is 0.700. The van der Waals surface area contributed by atoms with Gasteiger partial charge in [0.15, 0.2) is 0 Å². The largest absolute Gasteiger partial charge is 0.393 e. The van der Waals surface area contributed by atoms with Gasteiger partial charge in [0.2, 0.25) is 0 Å². The fourth-order valence-corrected chi connectivity index (χ4v) is 3.46. The molecule has 0 N–H and O–H groups in total. The Labute approximate surface area is 80.6 Å². The molecule has 0 aromatic rings. The topological polar surface area (TPSA) is 60.4 Å². The van der Waals surface area contributed by atoms with Gasteiger partial charge in [-0.15, -0.1) is 0 Å². The van der Waals surface area contributed by atoms with Gasteiger partial charge in [-0.1, -0.05) is 0 Å². The van der Waals surface area contributed by atoms with E-state index in [1.165, 1.54) is 0 Å². The lowest BCUT2D eigenvalue weighted by Gasteiger charge is -2.23. The van der Waals surface area contributed by atoms with Gasteiger partial charge in [-0.25, -0.2) is 0 Å². The highest BCUT2D eigenvalue weighted by atomic mass is 16.6. The minimum absolute atomic E-state index is 0.0281. The molecule has 14 heavy (non-hydrogen) atoms. The predicted molar refractivity (Wildman–Crippen MR) is 43.8 cm³/mol. The molecule has 4 heteroatoms. The summed E-state index contributed by atoms with van der Waals surface area (Å²) in [5, 5.41) is 0. The van der Waals surface area contributed by atoms with Crippen molar-refractivity contribution in [2.24, 2.45) is 29.6 Å². The zero-order chi connectivity index (χ0) is 9.87. The van der Waals surface area contributed by atoms with Crippen LogP contribution in [0, 0.1) is 29.6 Å². The molecule has 0 radical (unpaired) electrons. The van der Waals surface area contributed by atoms with Gasteiger partial charge in [-0.2, -0.15) is 0 Å². The van der Waals surface area contributed by atoms with Crippen LogP contribution < -0.4 is 0 Å². The summed E-state index contributed by atoms with van der Waals surface area (Å²) in [6, 6.07) is 0. The lowest BCUT2D eigenvalue weighted by molar-refractivity contribution is -0.154. The number of rotatable bonds is 1. The molecule has 2 bridgehead atoms. The van der Waals surface area contributed by atoms with Crippen LogP contribution >= 0.6 is 0 Å². The van der Waals surface area contributed by atoms with Gasteiger partial charge in [0.05, 0.1) is 11.8 Å². The summed E-state index contributed by atoms with van der Waals surface area (Å²) in [7, 11) is 0. The van der Waals surface area contributed by atoms with Gasteiger partial charge in [0, 0.05) is 5.92 Å². The molecule has 4 nitrogen and oxygen atoms in total. The number of hydrogen-bond acceptors (Lipinski definition) is 4. The van der Waals surface area contributed by atoms with Crippen LogP contribution in [0.5, 0.6) is 0 Å². The Kier molecular flexibility index (Phi) is 1.42. The smallest absolute Gasteiger partial charge is 0.317 e. The maximum absolute atomic E-state index is 11.4. The Morgan fingerprint density at radius 1 is 1.14 bits per heavy atom. The number of ether oxygens (including phenoxy) is 1. The number of esters is 2. The van der Waals surface area contributed by atoms with Crippen LogP contribution in [0.3, 0.4) is 0 Å². The van der Waals surface area contributed by atoms with E-state index in [0.717, 1.165) is 19.1 Å². The molecule has 74 valence electrons. The second-order valence-electron chi connectivity index (χ2n) is 4.49. The first-order chi connectivity index (χ1) is 6.72. The first kappa shape index (κ1) is 8.15. The molecule has 2 saturated carbocycles. The van der Waals surface area contributed by atoms with Crippen LogP contribution in [0.1, 0.15) is 12.8 Å². The number of aldehydes is 1. The Morgan fingerprint density at radius 2 is 1.86 bits per heavy atom. The highest BCUT2D eigenvalue weighted by molar-refractivity contribution is 5.98. The molecule has 5 atom stereocenters. The van der Waals surface area contributed by atoms with Crippen LogP contribution in [0.15, 0.2) is 0 Å². The monoisotopic (exact) mass is 194 g/mol. The zero-order valence-corrected chi connectivity index (χ0v) is 7.51. The number of hydrogen-bond donors (Lipinski definition) is 0. The number of fused-ring (bicyclic) bond motifs is 5. The van der Waals surface area contributed by atoms with Crippen LogP contribution in [-0.2, 0) is 19.1 Å². The average Bonchev–Trinajstić information content (AvgIpc) is 2.78. The molecule has 0 unspecified atom stereocenters. The minimum atomic E-state index is -0.404. The van der Waals surface area contributed by atoms with E-state index in [1.807, 2.05) is 0 Å². The molecular weight excluding hydrogens is 184 g/mol. The van der Waals surface area contributed by atoms with E-state index in [0.29, 0.717) is 0 Å². The first-order valence-corrected chi connectivity index (χ1v) is 4.93. The summed E-state index contributed by atoms with van der Waals surface area (Å²) in [5.41, 5.74) is 0. The van der Waals surface area contributed by atoms with Gasteiger partial charge in [0.1, 0.15) is 6.29 Å². The Hall–Kier alpha value is -1.19. The second kappa shape index (κ2) is 2.43. The van der Waals surface area contributed by atoms with E-state index >= 15 is 0 Å². The van der Waals surface area contributed by atoms with Crippen molar-refractivity contribution in [1.82, 2.24) is 0 Å². The van der Waals surface area contributed by atoms with Gasteiger partial charge >= 0.3 is 11.9 Å². The normalized spacial score (nSPS) is 49.3. The molecule has 3 fully saturated rings. The number of carbonyl (C=O) groups excluding carboxylic acids is 3. The molecule has 0 amide bonds. The zero-order valence-electron chi connectivity index (χ0n) is 7.51. The van der Waals surface area contributed by atoms with E-state index in [1.54, 1.807) is 0 Å². The van der Waals surface area contributed by atoms with Gasteiger partial charge < -0.3 is 9.53 Å². The van der Waals surface area contributed by atoms with Crippen LogP contribution in [-0.4, -0.2) is 18.2 Å². The van der Waals surface area contributed by atoms with E-state index in [2.05, 4.69) is 4.74 Å². The SMILES string of the molecule is O=C[C@@H]1C[C@@H]2C[C@H]1[C@@H]1C(=O)OC(=O)[C@H]21. The molecule has 1 saturated heterocycles. The van der Waals surface area contributed by atoms with Gasteiger partial charge in [0.25, 0.3) is 0 Å². The first-order valence-electron chi connectivity index (χ1n) is 4.93. The quantitative estimate of drug-likeness (QED) is 0.339. The molecule has 1 aliphatic heterocycles. The number of carbonyl (C=O) groups is 3. The van der Waals surface area contributed by atoms with Crippen molar-refractivity contribution >= 4 is 18.2 Å². The van der Waals surface area contributed by atoms with Gasteiger partial charge in [-0.05, 0) is 24.7 Å². The maximum Gasteiger partial charge on any atom is 0.317 e. The highest BCUT2D eigenvalue weighted by Gasteiger charge is 2.62. The van der Waals surface area contributed by atoms with Crippen molar-refractivity contribution in [1.29, 1.82) is 0 Å². The maximum atomic E-state index is 11.4. The van der Waals surface area contributed by atoms with Crippen molar-refractivity contribution in [3.05, 3.63) is 0 Å². The molecule has 0 aromatic carbocycles. The molecule has 0 spiro atoms. The van der Waals surface area contributed by atoms with Crippen molar-refractivity contribution in [2.45, 2.75) is 12.8 Å². The van der Waals surface area contributed by atoms with Crippen molar-refractivity contribution < 1.29 is 19.1 Å². The summed E-state index contributed by atoms with van der Waals surface area (Å²) in [5.74, 6) is -1.06. The Morgan fingerprint density at radius 3 is 2.57 bits per heavy atom. The van der Waals surface area contributed by atoms with Crippen LogP contribution in [0.25, 0.3) is 0 Å². The van der Waals surface area contributed by atoms with Crippen molar-refractivity contribution in [3.8, 4) is 0 Å². The van der Waals surface area contributed by atoms with E-state index < -0.39 is 5.97 Å². The summed E-state index contributed by atoms with van der Waals surface area (Å²) in [6.45, 7) is 0. The highest BCUT2D eigenvalue weighted by Crippen LogP contribution is 2.57. The molecule has 0 aromatic heterocycles. The third-order valence-corrected chi connectivity index (χ3v) is 3.98.